The predicted molar refractivity (Wildman–Crippen MR) is 94.8 cm³/mol. The van der Waals surface area contributed by atoms with Crippen LogP contribution in [0, 0.1) is 0 Å². The Hall–Kier alpha value is -2.25. The summed E-state index contributed by atoms with van der Waals surface area (Å²) in [6.45, 7) is 4.00. The third-order valence-electron chi connectivity index (χ3n) is 3.54. The second kappa shape index (κ2) is 7.55. The fraction of sp³-hybridized carbons (Fsp3) is 0.294. The van der Waals surface area contributed by atoms with Gasteiger partial charge in [0, 0.05) is 11.8 Å². The van der Waals surface area contributed by atoms with Gasteiger partial charge in [-0.2, -0.15) is 0 Å². The average molecular weight is 347 g/mol. The first-order valence-electron chi connectivity index (χ1n) is 7.77. The van der Waals surface area contributed by atoms with Gasteiger partial charge in [0.15, 0.2) is 0 Å². The summed E-state index contributed by atoms with van der Waals surface area (Å²) < 4.78 is 22.6. The van der Waals surface area contributed by atoms with Crippen LogP contribution in [0.4, 0.5) is 0 Å². The molecule has 0 bridgehead atoms. The van der Waals surface area contributed by atoms with Gasteiger partial charge < -0.3 is 4.98 Å². The average Bonchev–Trinajstić information content (AvgIpc) is 2.52. The van der Waals surface area contributed by atoms with E-state index < -0.39 is 10.0 Å². The number of rotatable bonds is 6. The molecular weight excluding hydrogens is 326 g/mol. The van der Waals surface area contributed by atoms with Gasteiger partial charge in [0.25, 0.3) is 5.56 Å². The molecule has 7 heteroatoms. The lowest BCUT2D eigenvalue weighted by molar-refractivity contribution is 0.598. The van der Waals surface area contributed by atoms with E-state index in [4.69, 9.17) is 5.14 Å². The van der Waals surface area contributed by atoms with Crippen molar-refractivity contribution in [2.45, 2.75) is 38.0 Å². The Morgan fingerprint density at radius 2 is 1.92 bits per heavy atom. The van der Waals surface area contributed by atoms with Crippen LogP contribution >= 0.6 is 0 Å². The van der Waals surface area contributed by atoms with Crippen LogP contribution in [-0.4, -0.2) is 18.4 Å². The molecule has 0 aliphatic carbocycles. The molecule has 0 aliphatic rings. The molecule has 1 heterocycles. The molecule has 1 aromatic heterocycles. The van der Waals surface area contributed by atoms with Crippen LogP contribution < -0.4 is 10.7 Å². The molecule has 128 valence electrons. The van der Waals surface area contributed by atoms with E-state index in [1.54, 1.807) is 12.1 Å². The highest BCUT2D eigenvalue weighted by Crippen LogP contribution is 2.19. The third-order valence-corrected chi connectivity index (χ3v) is 4.46. The van der Waals surface area contributed by atoms with Gasteiger partial charge in [-0.15, -0.1) is 0 Å². The largest absolute Gasteiger partial charge is 0.307 e. The van der Waals surface area contributed by atoms with Gasteiger partial charge in [-0.25, -0.2) is 18.5 Å². The molecule has 3 N–H and O–H groups in total. The maximum atomic E-state index is 11.8. The van der Waals surface area contributed by atoms with E-state index in [2.05, 4.69) is 9.97 Å². The second-order valence-electron chi connectivity index (χ2n) is 5.47. The van der Waals surface area contributed by atoms with Crippen molar-refractivity contribution in [1.82, 2.24) is 9.97 Å². The zero-order chi connectivity index (χ0) is 17.7. The van der Waals surface area contributed by atoms with E-state index in [9.17, 15) is 13.2 Å². The van der Waals surface area contributed by atoms with Crippen molar-refractivity contribution < 1.29 is 8.42 Å². The summed E-state index contributed by atoms with van der Waals surface area (Å²) in [5.41, 5.74) is 2.27. The van der Waals surface area contributed by atoms with Crippen LogP contribution in [0.15, 0.2) is 40.0 Å². The number of aromatic amines is 1. The molecule has 2 aromatic rings. The summed E-state index contributed by atoms with van der Waals surface area (Å²) in [5.74, 6) is 0.545. The summed E-state index contributed by atoms with van der Waals surface area (Å²) in [5, 5.41) is 5.09. The zero-order valence-electron chi connectivity index (χ0n) is 13.7. The van der Waals surface area contributed by atoms with Crippen molar-refractivity contribution in [1.29, 1.82) is 0 Å². The number of nitrogens with one attached hydrogen (secondary N) is 1. The van der Waals surface area contributed by atoms with E-state index in [1.165, 1.54) is 18.2 Å². The number of primary sulfonamides is 1. The van der Waals surface area contributed by atoms with Crippen molar-refractivity contribution in [2.75, 3.05) is 0 Å². The lowest BCUT2D eigenvalue weighted by Gasteiger charge is -2.07. The first-order chi connectivity index (χ1) is 11.3. The van der Waals surface area contributed by atoms with E-state index in [1.807, 2.05) is 19.9 Å². The van der Waals surface area contributed by atoms with Crippen LogP contribution in [0.3, 0.4) is 0 Å². The van der Waals surface area contributed by atoms with Gasteiger partial charge in [-0.3, -0.25) is 4.79 Å². The number of aryl methyl sites for hydroxylation is 1. The summed E-state index contributed by atoms with van der Waals surface area (Å²) >= 11 is 0. The Morgan fingerprint density at radius 1 is 1.25 bits per heavy atom. The maximum Gasteiger partial charge on any atom is 0.251 e. The lowest BCUT2D eigenvalue weighted by atomic mass is 10.1. The third kappa shape index (κ3) is 4.62. The van der Waals surface area contributed by atoms with Crippen molar-refractivity contribution in [2.24, 2.45) is 5.14 Å². The minimum absolute atomic E-state index is 0.0640. The molecule has 0 amide bonds. The number of sulfonamides is 1. The summed E-state index contributed by atoms with van der Waals surface area (Å²) in [4.78, 5) is 19.1. The Kier molecular flexibility index (Phi) is 5.69. The van der Waals surface area contributed by atoms with E-state index >= 15 is 0 Å². The molecule has 0 fully saturated rings. The summed E-state index contributed by atoms with van der Waals surface area (Å²) in [7, 11) is -3.70. The topological polar surface area (TPSA) is 106 Å². The maximum absolute atomic E-state index is 11.8. The molecule has 2 rings (SSSR count). The van der Waals surface area contributed by atoms with E-state index in [0.29, 0.717) is 12.2 Å². The highest BCUT2D eigenvalue weighted by molar-refractivity contribution is 7.89. The predicted octanol–water partition coefficient (Wildman–Crippen LogP) is 2.32. The lowest BCUT2D eigenvalue weighted by Crippen LogP contribution is -2.12. The minimum atomic E-state index is -3.70. The van der Waals surface area contributed by atoms with Gasteiger partial charge >= 0.3 is 0 Å². The number of benzene rings is 1. The normalized spacial score (nSPS) is 12.4. The molecule has 0 unspecified atom stereocenters. The molecule has 0 radical (unpaired) electrons. The summed E-state index contributed by atoms with van der Waals surface area (Å²) in [6, 6.07) is 7.77. The van der Waals surface area contributed by atoms with Crippen LogP contribution in [0.25, 0.3) is 11.6 Å². The Bertz CT molecular complexity index is 897. The highest BCUT2D eigenvalue weighted by atomic mass is 32.2. The first kappa shape index (κ1) is 18.1. The minimum Gasteiger partial charge on any atom is -0.307 e. The molecule has 0 aliphatic heterocycles. The van der Waals surface area contributed by atoms with Crippen LogP contribution in [0.2, 0.25) is 0 Å². The van der Waals surface area contributed by atoms with Gasteiger partial charge in [-0.05, 0) is 42.2 Å². The number of allylic oxidation sites excluding steroid dienone is 1. The molecule has 0 saturated heterocycles. The molecule has 0 atom stereocenters. The molecule has 0 spiro atoms. The number of hydrogen-bond donors (Lipinski definition) is 2. The number of nitrogens with two attached hydrogens (primary N) is 1. The van der Waals surface area contributed by atoms with Crippen LogP contribution in [-0.2, 0) is 16.4 Å². The smallest absolute Gasteiger partial charge is 0.251 e. The van der Waals surface area contributed by atoms with Crippen LogP contribution in [0.5, 0.6) is 0 Å². The number of hydrogen-bond acceptors (Lipinski definition) is 4. The van der Waals surface area contributed by atoms with Crippen LogP contribution in [0.1, 0.15) is 43.8 Å². The first-order valence-corrected chi connectivity index (χ1v) is 9.32. The van der Waals surface area contributed by atoms with E-state index in [-0.39, 0.29) is 10.5 Å². The van der Waals surface area contributed by atoms with Crippen molar-refractivity contribution in [3.05, 3.63) is 57.8 Å². The summed E-state index contributed by atoms with van der Waals surface area (Å²) in [6.07, 6.45) is 4.21. The number of aromatic nitrogens is 2. The highest BCUT2D eigenvalue weighted by Gasteiger charge is 2.08. The van der Waals surface area contributed by atoms with Crippen molar-refractivity contribution in [3.63, 3.8) is 0 Å². The number of nitrogens with zero attached hydrogens (tertiary/aromatic N) is 1. The second-order valence-corrected chi connectivity index (χ2v) is 7.03. The van der Waals surface area contributed by atoms with Crippen molar-refractivity contribution >= 4 is 21.7 Å². The zero-order valence-corrected chi connectivity index (χ0v) is 14.6. The fourth-order valence-corrected chi connectivity index (χ4v) is 2.85. The molecule has 0 saturated carbocycles. The number of H-pyrrole nitrogens is 1. The Morgan fingerprint density at radius 3 is 2.46 bits per heavy atom. The monoisotopic (exact) mass is 347 g/mol. The molecule has 24 heavy (non-hydrogen) atoms. The van der Waals surface area contributed by atoms with Crippen molar-refractivity contribution in [3.8, 4) is 0 Å². The Labute approximate surface area is 141 Å². The van der Waals surface area contributed by atoms with Gasteiger partial charge in [0.2, 0.25) is 10.0 Å². The van der Waals surface area contributed by atoms with Gasteiger partial charge in [-0.1, -0.05) is 32.4 Å². The Balaban J connectivity index is 2.41. The SMILES string of the molecule is CCCc1cc(=O)[nH]c(/C(=C\c2ccc(S(N)(=O)=O)cc2)CC)n1. The quantitative estimate of drug-likeness (QED) is 0.836. The van der Waals surface area contributed by atoms with E-state index in [0.717, 1.165) is 29.7 Å². The standard InChI is InChI=1S/C17H21N3O3S/c1-3-5-14-11-16(21)20-17(19-14)13(4-2)10-12-6-8-15(9-7-12)24(18,22)23/h6-11H,3-5H2,1-2H3,(H2,18,22,23)(H,19,20,21)/b13-10-. The fourth-order valence-electron chi connectivity index (χ4n) is 2.34. The molecular formula is C17H21N3O3S. The molecule has 6 nitrogen and oxygen atoms in total. The molecule has 1 aromatic carbocycles. The van der Waals surface area contributed by atoms with Gasteiger partial charge in [0.1, 0.15) is 5.82 Å². The van der Waals surface area contributed by atoms with Gasteiger partial charge in [0.05, 0.1) is 4.90 Å².